The Morgan fingerprint density at radius 2 is 1.95 bits per heavy atom. The van der Waals surface area contributed by atoms with Gasteiger partial charge in [-0.25, -0.2) is 4.39 Å². The number of hydrazine groups is 1. The summed E-state index contributed by atoms with van der Waals surface area (Å²) in [6.07, 6.45) is 0.733. The maximum Gasteiger partial charge on any atom is 0.123 e. The first-order valence-electron chi connectivity index (χ1n) is 6.37. The van der Waals surface area contributed by atoms with Gasteiger partial charge >= 0.3 is 0 Å². The Morgan fingerprint density at radius 1 is 1.24 bits per heavy atom. The Hall–Kier alpha value is -0.590. The smallest absolute Gasteiger partial charge is 0.123 e. The number of nitrogens with two attached hydrogens (primary N) is 1. The van der Waals surface area contributed by atoms with Crippen LogP contribution in [-0.4, -0.2) is 11.8 Å². The summed E-state index contributed by atoms with van der Waals surface area (Å²) in [6.45, 7) is 0. The molecule has 0 bridgehead atoms. The van der Waals surface area contributed by atoms with Gasteiger partial charge in [0.2, 0.25) is 0 Å². The summed E-state index contributed by atoms with van der Waals surface area (Å²) in [4.78, 5) is 1.01. The summed E-state index contributed by atoms with van der Waals surface area (Å²) in [5.41, 5.74) is 3.85. The highest BCUT2D eigenvalue weighted by Crippen LogP contribution is 2.24. The van der Waals surface area contributed by atoms with Gasteiger partial charge in [-0.15, -0.1) is 11.8 Å². The van der Waals surface area contributed by atoms with E-state index in [4.69, 9.17) is 17.4 Å². The first-order chi connectivity index (χ1) is 10.1. The molecule has 0 spiro atoms. The van der Waals surface area contributed by atoms with Crippen molar-refractivity contribution in [2.45, 2.75) is 17.4 Å². The number of rotatable bonds is 6. The molecule has 112 valence electrons. The SMILES string of the molecule is NNC(CSc1ccc(F)cc1)Cc1ccc(Br)cc1Cl. The van der Waals surface area contributed by atoms with Gasteiger partial charge in [-0.05, 0) is 48.4 Å². The zero-order valence-corrected chi connectivity index (χ0v) is 14.3. The number of hydrogen-bond donors (Lipinski definition) is 2. The highest BCUT2D eigenvalue weighted by atomic mass is 79.9. The molecular formula is C15H15BrClFN2S. The summed E-state index contributed by atoms with van der Waals surface area (Å²) in [5, 5.41) is 0.719. The number of halogens is 3. The maximum absolute atomic E-state index is 12.9. The molecule has 2 aromatic carbocycles. The molecule has 0 amide bonds. The van der Waals surface area contributed by atoms with Crippen molar-refractivity contribution in [3.8, 4) is 0 Å². The second-order valence-electron chi connectivity index (χ2n) is 4.57. The van der Waals surface area contributed by atoms with Crippen molar-refractivity contribution in [3.63, 3.8) is 0 Å². The van der Waals surface area contributed by atoms with Crippen LogP contribution in [-0.2, 0) is 6.42 Å². The van der Waals surface area contributed by atoms with Gasteiger partial charge in [-0.1, -0.05) is 33.6 Å². The highest BCUT2D eigenvalue weighted by Gasteiger charge is 2.11. The van der Waals surface area contributed by atoms with E-state index in [0.29, 0.717) is 0 Å². The standard InChI is InChI=1S/C15H15BrClFN2S/c16-11-2-1-10(15(17)8-11)7-13(20-19)9-21-14-5-3-12(18)4-6-14/h1-6,8,13,20H,7,9,19H2. The van der Waals surface area contributed by atoms with Crippen LogP contribution in [0, 0.1) is 5.82 Å². The summed E-state index contributed by atoms with van der Waals surface area (Å²) >= 11 is 11.2. The third-order valence-corrected chi connectivity index (χ3v) is 5.00. The third-order valence-electron chi connectivity index (χ3n) is 2.98. The molecule has 0 heterocycles. The number of thioether (sulfide) groups is 1. The van der Waals surface area contributed by atoms with Crippen molar-refractivity contribution in [2.24, 2.45) is 5.84 Å². The topological polar surface area (TPSA) is 38.0 Å². The zero-order chi connectivity index (χ0) is 15.2. The summed E-state index contributed by atoms with van der Waals surface area (Å²) in [5.74, 6) is 6.16. The molecule has 1 unspecified atom stereocenters. The van der Waals surface area contributed by atoms with E-state index in [2.05, 4.69) is 21.4 Å². The van der Waals surface area contributed by atoms with Crippen molar-refractivity contribution < 1.29 is 4.39 Å². The molecule has 3 N–H and O–H groups in total. The Labute approximate surface area is 141 Å². The van der Waals surface area contributed by atoms with Crippen molar-refractivity contribution in [2.75, 3.05) is 5.75 Å². The Balaban J connectivity index is 1.95. The molecule has 2 rings (SSSR count). The third kappa shape index (κ3) is 5.27. The molecule has 0 aliphatic carbocycles. The van der Waals surface area contributed by atoms with E-state index in [-0.39, 0.29) is 11.9 Å². The Morgan fingerprint density at radius 3 is 2.57 bits per heavy atom. The fraction of sp³-hybridized carbons (Fsp3) is 0.200. The molecule has 0 aliphatic heterocycles. The summed E-state index contributed by atoms with van der Waals surface area (Å²) < 4.78 is 13.8. The molecule has 6 heteroatoms. The van der Waals surface area contributed by atoms with E-state index < -0.39 is 0 Å². The van der Waals surface area contributed by atoms with Crippen molar-refractivity contribution >= 4 is 39.3 Å². The fourth-order valence-corrected chi connectivity index (χ4v) is 3.53. The van der Waals surface area contributed by atoms with Crippen molar-refractivity contribution in [1.82, 2.24) is 5.43 Å². The highest BCUT2D eigenvalue weighted by molar-refractivity contribution is 9.10. The number of hydrogen-bond acceptors (Lipinski definition) is 3. The van der Waals surface area contributed by atoms with Gasteiger partial charge in [-0.3, -0.25) is 11.3 Å². The van der Waals surface area contributed by atoms with E-state index in [1.807, 2.05) is 18.2 Å². The first kappa shape index (κ1) is 16.8. The van der Waals surface area contributed by atoms with E-state index in [0.717, 1.165) is 32.1 Å². The minimum absolute atomic E-state index is 0.0822. The Bertz CT molecular complexity index is 595. The average Bonchev–Trinajstić information content (AvgIpc) is 2.47. The molecule has 2 aromatic rings. The maximum atomic E-state index is 12.9. The molecule has 0 aromatic heterocycles. The van der Waals surface area contributed by atoms with E-state index >= 15 is 0 Å². The quantitative estimate of drug-likeness (QED) is 0.437. The van der Waals surface area contributed by atoms with Gasteiger partial charge in [0.05, 0.1) is 0 Å². The lowest BCUT2D eigenvalue weighted by molar-refractivity contribution is 0.575. The molecule has 0 saturated carbocycles. The lowest BCUT2D eigenvalue weighted by Crippen LogP contribution is -2.38. The minimum atomic E-state index is -0.227. The van der Waals surface area contributed by atoms with Crippen molar-refractivity contribution in [1.29, 1.82) is 0 Å². The van der Waals surface area contributed by atoms with E-state index in [1.54, 1.807) is 23.9 Å². The predicted octanol–water partition coefficient (Wildman–Crippen LogP) is 4.41. The molecule has 2 nitrogen and oxygen atoms in total. The fourth-order valence-electron chi connectivity index (χ4n) is 1.85. The second-order valence-corrected chi connectivity index (χ2v) is 6.98. The average molecular weight is 390 g/mol. The Kier molecular flexibility index (Phi) is 6.51. The minimum Gasteiger partial charge on any atom is -0.271 e. The lowest BCUT2D eigenvalue weighted by Gasteiger charge is -2.16. The van der Waals surface area contributed by atoms with Crippen LogP contribution in [0.2, 0.25) is 5.02 Å². The van der Waals surface area contributed by atoms with Gasteiger partial charge in [0.15, 0.2) is 0 Å². The number of nitrogens with one attached hydrogen (secondary N) is 1. The normalized spacial score (nSPS) is 12.4. The molecule has 0 saturated heterocycles. The summed E-state index contributed by atoms with van der Waals surface area (Å²) in [7, 11) is 0. The molecule has 0 aliphatic rings. The van der Waals surface area contributed by atoms with E-state index in [1.165, 1.54) is 12.1 Å². The monoisotopic (exact) mass is 388 g/mol. The second kappa shape index (κ2) is 8.15. The summed E-state index contributed by atoms with van der Waals surface area (Å²) in [6, 6.07) is 12.3. The lowest BCUT2D eigenvalue weighted by atomic mass is 10.1. The number of benzene rings is 2. The molecule has 21 heavy (non-hydrogen) atoms. The van der Waals surface area contributed by atoms with Crippen LogP contribution >= 0.6 is 39.3 Å². The van der Waals surface area contributed by atoms with Gasteiger partial charge in [0.1, 0.15) is 5.82 Å². The van der Waals surface area contributed by atoms with E-state index in [9.17, 15) is 4.39 Å². The van der Waals surface area contributed by atoms with Gasteiger partial charge in [0, 0.05) is 26.2 Å². The molecule has 1 atom stereocenters. The van der Waals surface area contributed by atoms with Crippen LogP contribution in [0.3, 0.4) is 0 Å². The van der Waals surface area contributed by atoms with Crippen LogP contribution in [0.25, 0.3) is 0 Å². The molecular weight excluding hydrogens is 375 g/mol. The predicted molar refractivity (Wildman–Crippen MR) is 91.1 cm³/mol. The van der Waals surface area contributed by atoms with Crippen LogP contribution in [0.15, 0.2) is 51.8 Å². The van der Waals surface area contributed by atoms with Crippen LogP contribution in [0.1, 0.15) is 5.56 Å². The van der Waals surface area contributed by atoms with Gasteiger partial charge in [-0.2, -0.15) is 0 Å². The van der Waals surface area contributed by atoms with Gasteiger partial charge < -0.3 is 0 Å². The largest absolute Gasteiger partial charge is 0.271 e. The van der Waals surface area contributed by atoms with Crippen molar-refractivity contribution in [3.05, 3.63) is 63.3 Å². The van der Waals surface area contributed by atoms with Crippen LogP contribution in [0.4, 0.5) is 4.39 Å². The van der Waals surface area contributed by atoms with Crippen LogP contribution < -0.4 is 11.3 Å². The van der Waals surface area contributed by atoms with Crippen LogP contribution in [0.5, 0.6) is 0 Å². The first-order valence-corrected chi connectivity index (χ1v) is 8.52. The molecule has 0 fully saturated rings. The molecule has 0 radical (unpaired) electrons. The zero-order valence-electron chi connectivity index (χ0n) is 11.2. The van der Waals surface area contributed by atoms with Gasteiger partial charge in [0.25, 0.3) is 0 Å².